The fourth-order valence-corrected chi connectivity index (χ4v) is 8.16. The van der Waals surface area contributed by atoms with E-state index in [1.807, 2.05) is 38.4 Å². The quantitative estimate of drug-likeness (QED) is 0.149. The molecule has 4 heterocycles. The van der Waals surface area contributed by atoms with Crippen molar-refractivity contribution in [2.24, 2.45) is 4.99 Å². The van der Waals surface area contributed by atoms with Crippen molar-refractivity contribution in [3.05, 3.63) is 75.9 Å². The normalized spacial score (nSPS) is 16.3. The van der Waals surface area contributed by atoms with Gasteiger partial charge in [-0.15, -0.1) is 16.3 Å². The number of nitrogens with one attached hydrogen (secondary N) is 1. The number of aliphatic imine (C=N–C) groups is 1. The van der Waals surface area contributed by atoms with Gasteiger partial charge in [0, 0.05) is 74.3 Å². The maximum Gasteiger partial charge on any atom is 0.434 e. The van der Waals surface area contributed by atoms with Crippen LogP contribution in [0.3, 0.4) is 0 Å². The fraction of sp³-hybridized carbons (Fsp3) is 0.459. The Morgan fingerprint density at radius 3 is 2.36 bits per heavy atom. The van der Waals surface area contributed by atoms with Crippen molar-refractivity contribution < 1.29 is 14.7 Å². The zero-order chi connectivity index (χ0) is 34.2. The second kappa shape index (κ2) is 13.5. The summed E-state index contributed by atoms with van der Waals surface area (Å²) in [5, 5.41) is 11.0. The molecule has 2 amide bonds. The Morgan fingerprint density at radius 2 is 1.77 bits per heavy atom. The summed E-state index contributed by atoms with van der Waals surface area (Å²) in [6, 6.07) is 12.9. The molecule has 10 heteroatoms. The predicted octanol–water partition coefficient (Wildman–Crippen LogP) is 7.61. The van der Waals surface area contributed by atoms with E-state index in [1.54, 1.807) is 30.3 Å². The average molecular weight is 657 g/mol. The number of aromatic amines is 1. The van der Waals surface area contributed by atoms with Crippen molar-refractivity contribution in [3.63, 3.8) is 0 Å². The number of likely N-dealkylation sites (tertiary alicyclic amines) is 1. The molecule has 0 aliphatic carbocycles. The summed E-state index contributed by atoms with van der Waals surface area (Å²) >= 11 is 1.63. The van der Waals surface area contributed by atoms with Crippen molar-refractivity contribution in [2.45, 2.75) is 78.2 Å². The summed E-state index contributed by atoms with van der Waals surface area (Å²) in [6.07, 6.45) is 3.34. The van der Waals surface area contributed by atoms with Gasteiger partial charge in [0.1, 0.15) is 4.83 Å². The summed E-state index contributed by atoms with van der Waals surface area (Å²) in [4.78, 5) is 45.5. The molecule has 0 radical (unpaired) electrons. The lowest BCUT2D eigenvalue weighted by Gasteiger charge is -2.36. The molecule has 5 rings (SSSR count). The molecule has 2 N–H and O–H groups in total. The number of rotatable bonds is 8. The van der Waals surface area contributed by atoms with Crippen LogP contribution in [-0.2, 0) is 10.2 Å². The van der Waals surface area contributed by atoms with Crippen LogP contribution in [0.25, 0.3) is 21.5 Å². The number of hydrogen-bond donors (Lipinski definition) is 2. The molecule has 1 aliphatic rings. The third-order valence-electron chi connectivity index (χ3n) is 9.29. The van der Waals surface area contributed by atoms with Crippen LogP contribution in [0.5, 0.6) is 0 Å². The number of H-pyrrole nitrogens is 1. The number of carbonyl (C=O) groups is 2. The Labute approximate surface area is 282 Å². The molecular formula is C37H48N6O3S. The second-order valence-corrected chi connectivity index (χ2v) is 15.1. The Kier molecular flexibility index (Phi) is 9.82. The van der Waals surface area contributed by atoms with Gasteiger partial charge in [0.25, 0.3) is 0 Å². The van der Waals surface area contributed by atoms with Crippen LogP contribution < -0.4 is 0 Å². The number of guanidine groups is 1. The molecule has 4 aromatic rings. The molecule has 1 aliphatic heterocycles. The lowest BCUT2D eigenvalue weighted by Crippen LogP contribution is -2.48. The smallest absolute Gasteiger partial charge is 0.434 e. The standard InChI is InChI=1S/C37H48N6O3S/c1-22(2)43(35(40-36(45)46)42-15-12-27(21-42)26-10-13-38-14-11-26)20-25(5)31-29-19-30(37(6,7)34(44)41(8)9)47-33(29)39-32(31)28-17-23(3)16-24(4)18-28/h10-11,13-14,16-19,22,25,27,39H,12,15,20-21H2,1-9H3,(H,45,46)/t25-,27?/m0/s1. The maximum absolute atomic E-state index is 13.2. The summed E-state index contributed by atoms with van der Waals surface area (Å²) < 4.78 is 0. The van der Waals surface area contributed by atoms with Crippen LogP contribution in [0.4, 0.5) is 4.79 Å². The van der Waals surface area contributed by atoms with Crippen LogP contribution in [0.15, 0.2) is 53.8 Å². The summed E-state index contributed by atoms with van der Waals surface area (Å²) in [6.45, 7) is 16.6. The Morgan fingerprint density at radius 1 is 1.11 bits per heavy atom. The van der Waals surface area contributed by atoms with Gasteiger partial charge in [0.15, 0.2) is 0 Å². The van der Waals surface area contributed by atoms with Gasteiger partial charge in [-0.25, -0.2) is 4.79 Å². The zero-order valence-corrected chi connectivity index (χ0v) is 29.9. The molecule has 1 saturated heterocycles. The van der Waals surface area contributed by atoms with Gasteiger partial charge in [0.2, 0.25) is 11.9 Å². The van der Waals surface area contributed by atoms with Crippen molar-refractivity contribution in [2.75, 3.05) is 33.7 Å². The number of aryl methyl sites for hydroxylation is 2. The van der Waals surface area contributed by atoms with Crippen molar-refractivity contribution in [3.8, 4) is 11.3 Å². The minimum absolute atomic E-state index is 0.00399. The molecule has 1 fully saturated rings. The first-order valence-corrected chi connectivity index (χ1v) is 17.2. The maximum atomic E-state index is 13.2. The highest BCUT2D eigenvalue weighted by Gasteiger charge is 2.36. The molecule has 0 bridgehead atoms. The molecule has 3 aromatic heterocycles. The molecule has 47 heavy (non-hydrogen) atoms. The Bertz CT molecular complexity index is 1770. The van der Waals surface area contributed by atoms with E-state index in [0.717, 1.165) is 44.9 Å². The lowest BCUT2D eigenvalue weighted by atomic mass is 9.88. The monoisotopic (exact) mass is 656 g/mol. The fourth-order valence-electron chi connectivity index (χ4n) is 6.99. The number of aromatic nitrogens is 2. The van der Waals surface area contributed by atoms with Gasteiger partial charge in [-0.2, -0.15) is 0 Å². The summed E-state index contributed by atoms with van der Waals surface area (Å²) in [7, 11) is 3.59. The van der Waals surface area contributed by atoms with Crippen LogP contribution in [0, 0.1) is 13.8 Å². The molecule has 250 valence electrons. The average Bonchev–Trinajstić information content (AvgIpc) is 3.73. The van der Waals surface area contributed by atoms with E-state index in [9.17, 15) is 14.7 Å². The minimum Gasteiger partial charge on any atom is -0.463 e. The Balaban J connectivity index is 1.57. The highest BCUT2D eigenvalue weighted by atomic mass is 32.1. The van der Waals surface area contributed by atoms with Crippen LogP contribution in [0.1, 0.15) is 80.0 Å². The van der Waals surface area contributed by atoms with Gasteiger partial charge < -0.3 is 24.8 Å². The van der Waals surface area contributed by atoms with Crippen molar-refractivity contribution in [1.29, 1.82) is 0 Å². The van der Waals surface area contributed by atoms with Gasteiger partial charge in [-0.1, -0.05) is 24.1 Å². The van der Waals surface area contributed by atoms with E-state index >= 15 is 0 Å². The van der Waals surface area contributed by atoms with E-state index in [0.29, 0.717) is 19.0 Å². The van der Waals surface area contributed by atoms with E-state index in [-0.39, 0.29) is 23.8 Å². The largest absolute Gasteiger partial charge is 0.463 e. The number of carbonyl (C=O) groups excluding carboxylic acids is 1. The van der Waals surface area contributed by atoms with Gasteiger partial charge >= 0.3 is 6.09 Å². The third-order valence-corrected chi connectivity index (χ3v) is 10.7. The molecule has 1 unspecified atom stereocenters. The van der Waals surface area contributed by atoms with Gasteiger partial charge in [-0.05, 0) is 95.0 Å². The molecule has 1 aromatic carbocycles. The van der Waals surface area contributed by atoms with Gasteiger partial charge in [0.05, 0.1) is 11.1 Å². The highest BCUT2D eigenvalue weighted by Crippen LogP contribution is 2.43. The van der Waals surface area contributed by atoms with Crippen LogP contribution in [-0.4, -0.2) is 87.5 Å². The topological polar surface area (TPSA) is 105 Å². The number of benzene rings is 1. The number of carboxylic acid groups (broad SMARTS) is 1. The number of nitrogens with zero attached hydrogens (tertiary/aromatic N) is 5. The van der Waals surface area contributed by atoms with E-state index in [1.165, 1.54) is 16.7 Å². The number of hydrogen-bond acceptors (Lipinski definition) is 4. The molecule has 0 spiro atoms. The molecular weight excluding hydrogens is 609 g/mol. The number of likely N-dealkylation sites (N-methyl/N-ethyl adjacent to an activating group) is 1. The van der Waals surface area contributed by atoms with E-state index in [4.69, 9.17) is 0 Å². The number of fused-ring (bicyclic) bond motifs is 1. The molecule has 9 nitrogen and oxygen atoms in total. The first-order chi connectivity index (χ1) is 22.2. The van der Waals surface area contributed by atoms with Gasteiger partial charge in [-0.3, -0.25) is 9.78 Å². The summed E-state index contributed by atoms with van der Waals surface area (Å²) in [5.74, 6) is 0.831. The summed E-state index contributed by atoms with van der Waals surface area (Å²) in [5.41, 5.74) is 6.25. The molecule has 2 atom stereocenters. The SMILES string of the molecule is Cc1cc(C)cc(-c2[nH]c3sc(C(C)(C)C(=O)N(C)C)cc3c2[C@@H](C)CN(C(=NC(=O)O)N2CCC(c3ccncc3)C2)C(C)C)c1. The van der Waals surface area contributed by atoms with Crippen molar-refractivity contribution >= 4 is 39.5 Å². The third kappa shape index (κ3) is 7.07. The molecule has 0 saturated carbocycles. The first kappa shape index (κ1) is 34.2. The van der Waals surface area contributed by atoms with E-state index in [2.05, 4.69) is 83.6 Å². The number of amides is 2. The zero-order valence-electron chi connectivity index (χ0n) is 29.1. The second-order valence-electron chi connectivity index (χ2n) is 14.0. The van der Waals surface area contributed by atoms with Crippen LogP contribution >= 0.6 is 11.3 Å². The van der Waals surface area contributed by atoms with Crippen molar-refractivity contribution in [1.82, 2.24) is 24.7 Å². The number of pyridine rings is 1. The van der Waals surface area contributed by atoms with Crippen LogP contribution in [0.2, 0.25) is 0 Å². The Hall–Kier alpha value is -4.18. The lowest BCUT2D eigenvalue weighted by molar-refractivity contribution is -0.133. The first-order valence-electron chi connectivity index (χ1n) is 16.4. The highest BCUT2D eigenvalue weighted by molar-refractivity contribution is 7.19. The predicted molar refractivity (Wildman–Crippen MR) is 192 cm³/mol. The van der Waals surface area contributed by atoms with E-state index < -0.39 is 11.5 Å². The minimum atomic E-state index is -1.19. The number of thiophene rings is 1.